The fourth-order valence-corrected chi connectivity index (χ4v) is 2.73. The zero-order valence-corrected chi connectivity index (χ0v) is 13.1. The monoisotopic (exact) mass is 315 g/mol. The summed E-state index contributed by atoms with van der Waals surface area (Å²) in [6.45, 7) is 1.55. The number of nitrogens with zero attached hydrogens (tertiary/aromatic N) is 4. The Labute approximate surface area is 135 Å². The average molecular weight is 315 g/mol. The van der Waals surface area contributed by atoms with Crippen LogP contribution in [0.25, 0.3) is 0 Å². The molecule has 23 heavy (non-hydrogen) atoms. The molecule has 3 rings (SSSR count). The Hall–Kier alpha value is -2.20. The summed E-state index contributed by atoms with van der Waals surface area (Å²) in [7, 11) is 0. The van der Waals surface area contributed by atoms with E-state index in [0.29, 0.717) is 24.9 Å². The maximum absolute atomic E-state index is 12.0. The summed E-state index contributed by atoms with van der Waals surface area (Å²) in [5, 5.41) is 15.2. The molecule has 7 heteroatoms. The van der Waals surface area contributed by atoms with Crippen LogP contribution in [0.1, 0.15) is 38.5 Å². The van der Waals surface area contributed by atoms with Gasteiger partial charge in [-0.2, -0.15) is 15.3 Å². The Bertz CT molecular complexity index is 619. The molecule has 1 fully saturated rings. The van der Waals surface area contributed by atoms with Crippen LogP contribution >= 0.6 is 0 Å². The first kappa shape index (κ1) is 15.7. The molecule has 7 nitrogen and oxygen atoms in total. The van der Waals surface area contributed by atoms with Crippen molar-refractivity contribution < 1.29 is 9.53 Å². The van der Waals surface area contributed by atoms with Crippen molar-refractivity contribution in [1.29, 1.82) is 0 Å². The van der Waals surface area contributed by atoms with Crippen molar-refractivity contribution in [3.63, 3.8) is 0 Å². The normalized spacial score (nSPS) is 21.1. The van der Waals surface area contributed by atoms with E-state index in [1.54, 1.807) is 6.20 Å². The standard InChI is InChI=1S/C16H21N5O2/c1-2-3-7-16(19-20-16)8-6-15(22)18-13-10-17-21(11-13)12-14-5-4-9-23-14/h1,10-11,14H,3-9,12H2,(H,18,22). The van der Waals surface area contributed by atoms with Crippen molar-refractivity contribution in [1.82, 2.24) is 9.78 Å². The average Bonchev–Trinajstić information content (AvgIpc) is 2.92. The number of ether oxygens (including phenoxy) is 1. The molecule has 0 saturated carbocycles. The van der Waals surface area contributed by atoms with E-state index in [0.717, 1.165) is 32.4 Å². The SMILES string of the molecule is C#CCCC1(CCC(=O)Nc2cnn(CC3CCCO3)c2)N=N1. The lowest BCUT2D eigenvalue weighted by molar-refractivity contribution is -0.116. The Morgan fingerprint density at radius 2 is 2.39 bits per heavy atom. The predicted molar refractivity (Wildman–Crippen MR) is 84.7 cm³/mol. The van der Waals surface area contributed by atoms with Crippen molar-refractivity contribution >= 4 is 11.6 Å². The third kappa shape index (κ3) is 4.39. The van der Waals surface area contributed by atoms with Crippen molar-refractivity contribution in [2.75, 3.05) is 11.9 Å². The van der Waals surface area contributed by atoms with Gasteiger partial charge in [0.1, 0.15) is 0 Å². The van der Waals surface area contributed by atoms with E-state index in [9.17, 15) is 4.79 Å². The summed E-state index contributed by atoms with van der Waals surface area (Å²) in [6.07, 6.45) is 13.5. The van der Waals surface area contributed by atoms with Crippen molar-refractivity contribution in [2.24, 2.45) is 10.2 Å². The predicted octanol–water partition coefficient (Wildman–Crippen LogP) is 2.36. The number of anilines is 1. The van der Waals surface area contributed by atoms with Gasteiger partial charge in [-0.15, -0.1) is 12.3 Å². The van der Waals surface area contributed by atoms with Crippen LogP contribution in [0.15, 0.2) is 22.6 Å². The smallest absolute Gasteiger partial charge is 0.224 e. The highest BCUT2D eigenvalue weighted by molar-refractivity contribution is 5.90. The van der Waals surface area contributed by atoms with Crippen LogP contribution < -0.4 is 5.32 Å². The molecule has 3 heterocycles. The summed E-state index contributed by atoms with van der Waals surface area (Å²) < 4.78 is 7.39. The first-order chi connectivity index (χ1) is 11.2. The fourth-order valence-electron chi connectivity index (χ4n) is 2.73. The molecule has 0 aromatic carbocycles. The number of rotatable bonds is 8. The number of amides is 1. The van der Waals surface area contributed by atoms with Crippen LogP contribution in [0.5, 0.6) is 0 Å². The topological polar surface area (TPSA) is 80.9 Å². The molecule has 0 radical (unpaired) electrons. The van der Waals surface area contributed by atoms with E-state index in [1.807, 2.05) is 10.9 Å². The van der Waals surface area contributed by atoms with Crippen LogP contribution in [-0.4, -0.2) is 34.1 Å². The maximum atomic E-state index is 12.0. The van der Waals surface area contributed by atoms with Gasteiger partial charge in [-0.25, -0.2) is 0 Å². The number of carbonyl (C=O) groups excluding carboxylic acids is 1. The first-order valence-corrected chi connectivity index (χ1v) is 8.01. The quantitative estimate of drug-likeness (QED) is 0.748. The molecule has 1 atom stereocenters. The molecule has 2 aliphatic heterocycles. The van der Waals surface area contributed by atoms with Crippen LogP contribution in [0.2, 0.25) is 0 Å². The third-order valence-corrected chi connectivity index (χ3v) is 4.14. The number of hydrogen-bond donors (Lipinski definition) is 1. The van der Waals surface area contributed by atoms with Gasteiger partial charge in [-0.05, 0) is 12.8 Å². The zero-order valence-electron chi connectivity index (χ0n) is 13.1. The van der Waals surface area contributed by atoms with Crippen molar-refractivity contribution in [2.45, 2.75) is 56.8 Å². The molecule has 1 aromatic rings. The molecule has 0 bridgehead atoms. The number of carbonyl (C=O) groups is 1. The van der Waals surface area contributed by atoms with E-state index in [2.05, 4.69) is 26.6 Å². The second kappa shape index (κ2) is 6.92. The van der Waals surface area contributed by atoms with Crippen molar-refractivity contribution in [3.05, 3.63) is 12.4 Å². The van der Waals surface area contributed by atoms with Gasteiger partial charge in [0.25, 0.3) is 0 Å². The molecule has 2 aliphatic rings. The van der Waals surface area contributed by atoms with Crippen LogP contribution in [0, 0.1) is 12.3 Å². The molecular formula is C16H21N5O2. The molecule has 1 saturated heterocycles. The highest BCUT2D eigenvalue weighted by Gasteiger charge is 2.39. The van der Waals surface area contributed by atoms with Crippen molar-refractivity contribution in [3.8, 4) is 12.3 Å². The Morgan fingerprint density at radius 1 is 1.52 bits per heavy atom. The van der Waals surface area contributed by atoms with Gasteiger partial charge in [-0.3, -0.25) is 9.48 Å². The molecule has 0 spiro atoms. The fraction of sp³-hybridized carbons (Fsp3) is 0.625. The molecule has 0 aliphatic carbocycles. The van der Waals surface area contributed by atoms with Gasteiger partial charge in [0.2, 0.25) is 5.91 Å². The summed E-state index contributed by atoms with van der Waals surface area (Å²) in [5.41, 5.74) is 0.295. The summed E-state index contributed by atoms with van der Waals surface area (Å²) in [4.78, 5) is 12.0. The Balaban J connectivity index is 1.41. The lowest BCUT2D eigenvalue weighted by Gasteiger charge is -2.09. The summed E-state index contributed by atoms with van der Waals surface area (Å²) in [6, 6.07) is 0. The van der Waals surface area contributed by atoms with E-state index in [4.69, 9.17) is 11.2 Å². The first-order valence-electron chi connectivity index (χ1n) is 8.01. The number of hydrogen-bond acceptors (Lipinski definition) is 5. The highest BCUT2D eigenvalue weighted by Crippen LogP contribution is 2.37. The van der Waals surface area contributed by atoms with E-state index in [-0.39, 0.29) is 12.0 Å². The molecular weight excluding hydrogens is 294 g/mol. The second-order valence-corrected chi connectivity index (χ2v) is 6.02. The highest BCUT2D eigenvalue weighted by atomic mass is 16.5. The van der Waals surface area contributed by atoms with E-state index < -0.39 is 5.66 Å². The lowest BCUT2D eigenvalue weighted by atomic mass is 10.0. The van der Waals surface area contributed by atoms with Crippen LogP contribution in [-0.2, 0) is 16.1 Å². The minimum atomic E-state index is -0.409. The van der Waals surface area contributed by atoms with E-state index >= 15 is 0 Å². The summed E-state index contributed by atoms with van der Waals surface area (Å²) in [5.74, 6) is 2.53. The molecule has 1 N–H and O–H groups in total. The van der Waals surface area contributed by atoms with Gasteiger partial charge in [0, 0.05) is 38.5 Å². The lowest BCUT2D eigenvalue weighted by Crippen LogP contribution is -2.17. The molecule has 122 valence electrons. The molecule has 1 aromatic heterocycles. The number of nitrogens with one attached hydrogen (secondary N) is 1. The maximum Gasteiger partial charge on any atom is 0.224 e. The summed E-state index contributed by atoms with van der Waals surface area (Å²) >= 11 is 0. The third-order valence-electron chi connectivity index (χ3n) is 4.14. The minimum absolute atomic E-state index is 0.0564. The van der Waals surface area contributed by atoms with Gasteiger partial charge in [0.15, 0.2) is 5.66 Å². The molecule has 1 unspecified atom stereocenters. The zero-order chi connectivity index (χ0) is 16.1. The Kier molecular flexibility index (Phi) is 4.72. The van der Waals surface area contributed by atoms with Gasteiger partial charge >= 0.3 is 0 Å². The van der Waals surface area contributed by atoms with Crippen LogP contribution in [0.4, 0.5) is 5.69 Å². The van der Waals surface area contributed by atoms with Gasteiger partial charge < -0.3 is 10.1 Å². The van der Waals surface area contributed by atoms with E-state index in [1.165, 1.54) is 0 Å². The Morgan fingerprint density at radius 3 is 3.09 bits per heavy atom. The number of aromatic nitrogens is 2. The largest absolute Gasteiger partial charge is 0.376 e. The van der Waals surface area contributed by atoms with Gasteiger partial charge in [0.05, 0.1) is 24.5 Å². The second-order valence-electron chi connectivity index (χ2n) is 6.02. The minimum Gasteiger partial charge on any atom is -0.376 e. The number of terminal acetylenes is 1. The van der Waals surface area contributed by atoms with Gasteiger partial charge in [-0.1, -0.05) is 0 Å². The van der Waals surface area contributed by atoms with Crippen LogP contribution in [0.3, 0.4) is 0 Å². The molecule has 1 amide bonds.